The van der Waals surface area contributed by atoms with Crippen LogP contribution in [0.4, 0.5) is 5.69 Å². The van der Waals surface area contributed by atoms with Gasteiger partial charge in [0.05, 0.1) is 4.92 Å². The van der Waals surface area contributed by atoms with Crippen LogP contribution in [0.5, 0.6) is 5.75 Å². The normalized spacial score (nSPS) is 11.7. The van der Waals surface area contributed by atoms with Crippen molar-refractivity contribution in [2.24, 2.45) is 0 Å². The van der Waals surface area contributed by atoms with Gasteiger partial charge in [0.25, 0.3) is 10.1 Å². The average Bonchev–Trinajstić information content (AvgIpc) is 2.28. The Kier molecular flexibility index (Phi) is 2.87. The lowest BCUT2D eigenvalue weighted by atomic mass is 10.1. The second-order valence-corrected chi connectivity index (χ2v) is 5.22. The number of phenols is 1. The molecule has 2 rings (SSSR count). The van der Waals surface area contributed by atoms with Gasteiger partial charge in [0.15, 0.2) is 0 Å². The Morgan fingerprint density at radius 2 is 2.05 bits per heavy atom. The van der Waals surface area contributed by atoms with Crippen molar-refractivity contribution in [3.63, 3.8) is 0 Å². The van der Waals surface area contributed by atoms with Gasteiger partial charge in [-0.2, -0.15) is 8.42 Å². The minimum absolute atomic E-state index is 0.0481. The van der Waals surface area contributed by atoms with Gasteiger partial charge in [-0.05, 0) is 18.6 Å². The van der Waals surface area contributed by atoms with Gasteiger partial charge in [-0.15, -0.1) is 0 Å². The lowest BCUT2D eigenvalue weighted by Crippen LogP contribution is -2.03. The molecule has 0 aliphatic heterocycles. The molecule has 19 heavy (non-hydrogen) atoms. The summed E-state index contributed by atoms with van der Waals surface area (Å²) in [6, 6.07) is 2.07. The molecule has 0 saturated heterocycles. The molecule has 0 saturated carbocycles. The number of fused-ring (bicyclic) bond motifs is 1. The molecule has 0 unspecified atom stereocenters. The summed E-state index contributed by atoms with van der Waals surface area (Å²) in [7, 11) is -4.68. The first-order valence-corrected chi connectivity index (χ1v) is 6.40. The Labute approximate surface area is 107 Å². The number of nitro groups is 1. The van der Waals surface area contributed by atoms with Gasteiger partial charge in [0.2, 0.25) is 5.75 Å². The van der Waals surface area contributed by atoms with Crippen LogP contribution in [-0.4, -0.2) is 28.0 Å². The number of benzene rings is 1. The highest BCUT2D eigenvalue weighted by Crippen LogP contribution is 2.38. The van der Waals surface area contributed by atoms with Gasteiger partial charge in [-0.1, -0.05) is 0 Å². The van der Waals surface area contributed by atoms with Gasteiger partial charge in [-0.3, -0.25) is 19.7 Å². The van der Waals surface area contributed by atoms with Gasteiger partial charge < -0.3 is 5.11 Å². The van der Waals surface area contributed by atoms with E-state index in [9.17, 15) is 23.6 Å². The van der Waals surface area contributed by atoms with E-state index >= 15 is 0 Å². The van der Waals surface area contributed by atoms with Crippen LogP contribution in [-0.2, 0) is 10.1 Å². The summed E-state index contributed by atoms with van der Waals surface area (Å²) in [5, 5.41) is 20.5. The zero-order valence-corrected chi connectivity index (χ0v) is 10.4. The average molecular weight is 284 g/mol. The van der Waals surface area contributed by atoms with Crippen molar-refractivity contribution in [3.8, 4) is 5.75 Å². The first-order valence-electron chi connectivity index (χ1n) is 4.96. The fourth-order valence-electron chi connectivity index (χ4n) is 1.78. The monoisotopic (exact) mass is 284 g/mol. The van der Waals surface area contributed by atoms with E-state index in [1.54, 1.807) is 0 Å². The van der Waals surface area contributed by atoms with Crippen molar-refractivity contribution in [2.45, 2.75) is 11.8 Å². The second-order valence-electron chi connectivity index (χ2n) is 3.83. The number of nitro benzene ring substituents is 1. The van der Waals surface area contributed by atoms with Crippen molar-refractivity contribution < 1.29 is 23.0 Å². The van der Waals surface area contributed by atoms with Crippen molar-refractivity contribution in [1.82, 2.24) is 4.98 Å². The SMILES string of the molecule is Cc1ccnc2c(O)c([N+](=O)[O-])cc(S(=O)(=O)O)c12. The van der Waals surface area contributed by atoms with Crippen molar-refractivity contribution >= 4 is 26.7 Å². The van der Waals surface area contributed by atoms with Crippen LogP contribution < -0.4 is 0 Å². The number of hydrogen-bond donors (Lipinski definition) is 2. The van der Waals surface area contributed by atoms with Gasteiger partial charge >= 0.3 is 5.69 Å². The molecule has 2 N–H and O–H groups in total. The highest BCUT2D eigenvalue weighted by molar-refractivity contribution is 7.86. The molecule has 1 aromatic carbocycles. The summed E-state index contributed by atoms with van der Waals surface area (Å²) in [4.78, 5) is 12.9. The topological polar surface area (TPSA) is 131 Å². The summed E-state index contributed by atoms with van der Waals surface area (Å²) in [6.45, 7) is 1.53. The molecule has 0 aliphatic carbocycles. The Morgan fingerprint density at radius 3 is 2.58 bits per heavy atom. The maximum absolute atomic E-state index is 11.3. The standard InChI is InChI=1S/C10H8N2O6S/c1-5-2-3-11-9-8(5)7(19(16,17)18)4-6(10(9)13)12(14)15/h2-4,13H,1H3,(H,16,17,18). The highest BCUT2D eigenvalue weighted by atomic mass is 32.2. The van der Waals surface area contributed by atoms with E-state index in [2.05, 4.69) is 4.98 Å². The molecule has 1 aromatic heterocycles. The zero-order valence-electron chi connectivity index (χ0n) is 9.56. The van der Waals surface area contributed by atoms with Crippen LogP contribution in [0.1, 0.15) is 5.56 Å². The van der Waals surface area contributed by atoms with E-state index in [1.807, 2.05) is 0 Å². The molecule has 0 bridgehead atoms. The Balaban J connectivity index is 3.11. The minimum Gasteiger partial charge on any atom is -0.501 e. The molecular weight excluding hydrogens is 276 g/mol. The maximum atomic E-state index is 11.3. The summed E-state index contributed by atoms with van der Waals surface area (Å²) < 4.78 is 31.8. The molecule has 9 heteroatoms. The van der Waals surface area contributed by atoms with Crippen molar-refractivity contribution in [1.29, 1.82) is 0 Å². The summed E-state index contributed by atoms with van der Waals surface area (Å²) in [5.41, 5.74) is -0.678. The van der Waals surface area contributed by atoms with E-state index < -0.39 is 31.4 Å². The third-order valence-corrected chi connectivity index (χ3v) is 3.49. The lowest BCUT2D eigenvalue weighted by molar-refractivity contribution is -0.385. The third kappa shape index (κ3) is 2.09. The van der Waals surface area contributed by atoms with Crippen LogP contribution in [0.3, 0.4) is 0 Å². The molecule has 2 aromatic rings. The molecule has 0 radical (unpaired) electrons. The quantitative estimate of drug-likeness (QED) is 0.484. The van der Waals surface area contributed by atoms with Crippen molar-refractivity contribution in [2.75, 3.05) is 0 Å². The molecule has 0 aliphatic rings. The van der Waals surface area contributed by atoms with E-state index in [0.717, 1.165) is 0 Å². The van der Waals surface area contributed by atoms with Crippen LogP contribution in [0.15, 0.2) is 23.2 Å². The number of aromatic nitrogens is 1. The largest absolute Gasteiger partial charge is 0.501 e. The summed E-state index contributed by atoms with van der Waals surface area (Å²) in [6.07, 6.45) is 1.27. The molecule has 0 fully saturated rings. The number of rotatable bonds is 2. The summed E-state index contributed by atoms with van der Waals surface area (Å²) in [5.74, 6) is -0.740. The first kappa shape index (κ1) is 13.2. The predicted octanol–water partition coefficient (Wildman–Crippen LogP) is 1.40. The lowest BCUT2D eigenvalue weighted by Gasteiger charge is -2.08. The molecule has 0 atom stereocenters. The van der Waals surface area contributed by atoms with Crippen LogP contribution in [0, 0.1) is 17.0 Å². The Bertz CT molecular complexity index is 799. The van der Waals surface area contributed by atoms with E-state index in [1.165, 1.54) is 19.2 Å². The number of aryl methyl sites for hydroxylation is 1. The smallest absolute Gasteiger partial charge is 0.314 e. The maximum Gasteiger partial charge on any atom is 0.314 e. The number of nitrogens with zero attached hydrogens (tertiary/aromatic N) is 2. The molecule has 100 valence electrons. The predicted molar refractivity (Wildman–Crippen MR) is 64.6 cm³/mol. The summed E-state index contributed by atoms with van der Waals surface area (Å²) >= 11 is 0. The minimum atomic E-state index is -4.68. The number of pyridine rings is 1. The third-order valence-electron chi connectivity index (χ3n) is 2.62. The fourth-order valence-corrected chi connectivity index (χ4v) is 2.55. The fraction of sp³-hybridized carbons (Fsp3) is 0.100. The second kappa shape index (κ2) is 4.14. The van der Waals surface area contributed by atoms with Gasteiger partial charge in [0, 0.05) is 17.6 Å². The number of phenolic OH excluding ortho intramolecular Hbond substituents is 1. The molecule has 0 spiro atoms. The number of hydrogen-bond acceptors (Lipinski definition) is 6. The van der Waals surface area contributed by atoms with Crippen molar-refractivity contribution in [3.05, 3.63) is 34.0 Å². The molecule has 8 nitrogen and oxygen atoms in total. The van der Waals surface area contributed by atoms with E-state index in [-0.39, 0.29) is 10.9 Å². The Hall–Kier alpha value is -2.26. The first-order chi connectivity index (χ1) is 8.73. The Morgan fingerprint density at radius 1 is 1.42 bits per heavy atom. The molecular formula is C10H8N2O6S. The van der Waals surface area contributed by atoms with Gasteiger partial charge in [0.1, 0.15) is 10.4 Å². The van der Waals surface area contributed by atoms with Crippen LogP contribution >= 0.6 is 0 Å². The molecule has 1 heterocycles. The van der Waals surface area contributed by atoms with Crippen LogP contribution in [0.2, 0.25) is 0 Å². The van der Waals surface area contributed by atoms with Crippen LogP contribution in [0.25, 0.3) is 10.9 Å². The van der Waals surface area contributed by atoms with Gasteiger partial charge in [-0.25, -0.2) is 0 Å². The van der Waals surface area contributed by atoms with E-state index in [0.29, 0.717) is 11.6 Å². The molecule has 0 amide bonds. The zero-order chi connectivity index (χ0) is 14.4. The number of aromatic hydroxyl groups is 1. The van der Waals surface area contributed by atoms with E-state index in [4.69, 9.17) is 4.55 Å². The highest BCUT2D eigenvalue weighted by Gasteiger charge is 2.26.